The Morgan fingerprint density at radius 1 is 1.37 bits per heavy atom. The number of nitrogens with zero attached hydrogens (tertiary/aromatic N) is 2. The van der Waals surface area contributed by atoms with Gasteiger partial charge in [0.25, 0.3) is 5.91 Å². The Morgan fingerprint density at radius 2 is 2.16 bits per heavy atom. The third-order valence-corrected chi connectivity index (χ3v) is 4.67. The number of nitrogens with two attached hydrogens (primary N) is 1. The number of thiophene rings is 1. The average Bonchev–Trinajstić information content (AvgIpc) is 2.78. The molecule has 0 atom stereocenters. The van der Waals surface area contributed by atoms with Crippen molar-refractivity contribution in [3.8, 4) is 0 Å². The van der Waals surface area contributed by atoms with Crippen molar-refractivity contribution in [3.05, 3.63) is 17.1 Å². The van der Waals surface area contributed by atoms with Gasteiger partial charge in [-0.05, 0) is 18.9 Å². The van der Waals surface area contributed by atoms with E-state index in [9.17, 15) is 4.79 Å². The highest BCUT2D eigenvalue weighted by Gasteiger charge is 2.21. The Morgan fingerprint density at radius 3 is 2.89 bits per heavy atom. The number of hydrogen-bond donors (Lipinski definition) is 2. The molecule has 1 aliphatic rings. The monoisotopic (exact) mass is 276 g/mol. The molecule has 3 rings (SSSR count). The fourth-order valence-corrected chi connectivity index (χ4v) is 3.48. The Balaban J connectivity index is 1.83. The van der Waals surface area contributed by atoms with Crippen LogP contribution >= 0.6 is 11.3 Å². The van der Waals surface area contributed by atoms with E-state index in [0.717, 1.165) is 18.2 Å². The number of anilines is 1. The van der Waals surface area contributed by atoms with Gasteiger partial charge in [0.1, 0.15) is 9.71 Å². The van der Waals surface area contributed by atoms with Crippen LogP contribution in [0.5, 0.6) is 0 Å². The molecule has 0 bridgehead atoms. The standard InChI is InChI=1S/C13H16N4OS/c14-10-9-6-7-15-17-13(9)19-11(10)12(18)16-8-4-2-1-3-5-8/h6-8H,1-5,14H2,(H,16,18). The lowest BCUT2D eigenvalue weighted by Crippen LogP contribution is -2.36. The minimum Gasteiger partial charge on any atom is -0.397 e. The zero-order valence-corrected chi connectivity index (χ0v) is 11.4. The van der Waals surface area contributed by atoms with Crippen molar-refractivity contribution in [2.24, 2.45) is 0 Å². The van der Waals surface area contributed by atoms with Gasteiger partial charge in [-0.2, -0.15) is 5.10 Å². The van der Waals surface area contributed by atoms with Crippen LogP contribution in [0.1, 0.15) is 41.8 Å². The van der Waals surface area contributed by atoms with E-state index in [1.54, 1.807) is 12.3 Å². The largest absolute Gasteiger partial charge is 0.397 e. The van der Waals surface area contributed by atoms with Gasteiger partial charge in [0.2, 0.25) is 0 Å². The molecule has 0 spiro atoms. The van der Waals surface area contributed by atoms with Gasteiger partial charge in [0.15, 0.2) is 0 Å². The van der Waals surface area contributed by atoms with Gasteiger partial charge in [-0.1, -0.05) is 19.3 Å². The second kappa shape index (κ2) is 5.13. The second-order valence-electron chi connectivity index (χ2n) is 4.90. The first-order valence-corrected chi connectivity index (χ1v) is 7.38. The van der Waals surface area contributed by atoms with Crippen LogP contribution in [0.4, 0.5) is 5.69 Å². The van der Waals surface area contributed by atoms with Crippen LogP contribution in [0.2, 0.25) is 0 Å². The van der Waals surface area contributed by atoms with Crippen LogP contribution in [0.15, 0.2) is 12.3 Å². The topological polar surface area (TPSA) is 80.9 Å². The van der Waals surface area contributed by atoms with Gasteiger partial charge < -0.3 is 11.1 Å². The maximum atomic E-state index is 12.3. The van der Waals surface area contributed by atoms with Gasteiger partial charge in [0.05, 0.1) is 11.9 Å². The Hall–Kier alpha value is -1.69. The van der Waals surface area contributed by atoms with E-state index >= 15 is 0 Å². The minimum atomic E-state index is -0.0765. The van der Waals surface area contributed by atoms with Crippen molar-refractivity contribution in [3.63, 3.8) is 0 Å². The second-order valence-corrected chi connectivity index (χ2v) is 5.90. The normalized spacial score (nSPS) is 16.6. The molecule has 2 aromatic rings. The maximum absolute atomic E-state index is 12.3. The van der Waals surface area contributed by atoms with Crippen molar-refractivity contribution in [2.75, 3.05) is 5.73 Å². The van der Waals surface area contributed by atoms with Crippen molar-refractivity contribution >= 4 is 33.1 Å². The fraction of sp³-hybridized carbons (Fsp3) is 0.462. The Kier molecular flexibility index (Phi) is 3.33. The summed E-state index contributed by atoms with van der Waals surface area (Å²) >= 11 is 1.31. The summed E-state index contributed by atoms with van der Waals surface area (Å²) in [6.45, 7) is 0. The van der Waals surface area contributed by atoms with Crippen LogP contribution in [0.3, 0.4) is 0 Å². The van der Waals surface area contributed by atoms with Crippen molar-refractivity contribution in [1.29, 1.82) is 0 Å². The molecule has 0 saturated heterocycles. The number of amides is 1. The van der Waals surface area contributed by atoms with Crippen LogP contribution in [-0.2, 0) is 0 Å². The summed E-state index contributed by atoms with van der Waals surface area (Å²) in [5.41, 5.74) is 6.54. The lowest BCUT2D eigenvalue weighted by Gasteiger charge is -2.22. The van der Waals surface area contributed by atoms with E-state index in [-0.39, 0.29) is 11.9 Å². The molecule has 19 heavy (non-hydrogen) atoms. The fourth-order valence-electron chi connectivity index (χ4n) is 2.54. The van der Waals surface area contributed by atoms with Crippen molar-refractivity contribution in [1.82, 2.24) is 15.5 Å². The molecule has 5 nitrogen and oxygen atoms in total. The lowest BCUT2D eigenvalue weighted by atomic mass is 9.95. The highest BCUT2D eigenvalue weighted by atomic mass is 32.1. The van der Waals surface area contributed by atoms with Crippen molar-refractivity contribution in [2.45, 2.75) is 38.1 Å². The third kappa shape index (κ3) is 2.40. The molecule has 6 heteroatoms. The van der Waals surface area contributed by atoms with Crippen LogP contribution in [0, 0.1) is 0 Å². The summed E-state index contributed by atoms with van der Waals surface area (Å²) in [6, 6.07) is 2.09. The first-order chi connectivity index (χ1) is 9.25. The predicted molar refractivity (Wildman–Crippen MR) is 76.2 cm³/mol. The van der Waals surface area contributed by atoms with Gasteiger partial charge in [-0.25, -0.2) is 0 Å². The quantitative estimate of drug-likeness (QED) is 0.882. The number of carbonyl (C=O) groups excluding carboxylic acids is 1. The maximum Gasteiger partial charge on any atom is 0.263 e. The van der Waals surface area contributed by atoms with Crippen LogP contribution < -0.4 is 11.1 Å². The van der Waals surface area contributed by atoms with Crippen LogP contribution in [-0.4, -0.2) is 22.1 Å². The van der Waals surface area contributed by atoms with Gasteiger partial charge in [-0.3, -0.25) is 4.79 Å². The molecule has 0 aliphatic heterocycles. The molecule has 2 heterocycles. The number of fused-ring (bicyclic) bond motifs is 1. The molecular formula is C13H16N4OS. The summed E-state index contributed by atoms with van der Waals surface area (Å²) in [7, 11) is 0. The van der Waals surface area contributed by atoms with Gasteiger partial charge >= 0.3 is 0 Å². The molecule has 0 unspecified atom stereocenters. The minimum absolute atomic E-state index is 0.0765. The SMILES string of the molecule is Nc1c(C(=O)NC2CCCCC2)sc2nnccc12. The van der Waals surface area contributed by atoms with E-state index in [4.69, 9.17) is 5.73 Å². The zero-order valence-electron chi connectivity index (χ0n) is 10.6. The van der Waals surface area contributed by atoms with E-state index in [1.165, 1.54) is 30.6 Å². The van der Waals surface area contributed by atoms with E-state index < -0.39 is 0 Å². The molecule has 1 aliphatic carbocycles. The summed E-state index contributed by atoms with van der Waals surface area (Å²) in [4.78, 5) is 13.5. The zero-order chi connectivity index (χ0) is 13.2. The number of rotatable bonds is 2. The molecule has 1 amide bonds. The molecule has 0 aromatic carbocycles. The van der Waals surface area contributed by atoms with E-state index in [1.807, 2.05) is 0 Å². The lowest BCUT2D eigenvalue weighted by molar-refractivity contribution is 0.0933. The molecule has 1 fully saturated rings. The third-order valence-electron chi connectivity index (χ3n) is 3.57. The number of nitrogens with one attached hydrogen (secondary N) is 1. The number of hydrogen-bond acceptors (Lipinski definition) is 5. The predicted octanol–water partition coefficient (Wildman–Crippen LogP) is 2.34. The Bertz CT molecular complexity index is 604. The van der Waals surface area contributed by atoms with E-state index in [2.05, 4.69) is 15.5 Å². The van der Waals surface area contributed by atoms with Crippen molar-refractivity contribution < 1.29 is 4.79 Å². The van der Waals surface area contributed by atoms with E-state index in [0.29, 0.717) is 15.4 Å². The van der Waals surface area contributed by atoms with Crippen LogP contribution in [0.25, 0.3) is 10.2 Å². The molecule has 1 saturated carbocycles. The highest BCUT2D eigenvalue weighted by molar-refractivity contribution is 7.21. The first kappa shape index (κ1) is 12.3. The summed E-state index contributed by atoms with van der Waals surface area (Å²) < 4.78 is 0. The molecular weight excluding hydrogens is 260 g/mol. The summed E-state index contributed by atoms with van der Waals surface area (Å²) in [5.74, 6) is -0.0765. The average molecular weight is 276 g/mol. The first-order valence-electron chi connectivity index (χ1n) is 6.56. The number of nitrogen functional groups attached to an aromatic ring is 1. The molecule has 2 aromatic heterocycles. The number of aromatic nitrogens is 2. The smallest absolute Gasteiger partial charge is 0.263 e. The van der Waals surface area contributed by atoms with Gasteiger partial charge in [0, 0.05) is 11.4 Å². The molecule has 100 valence electrons. The highest BCUT2D eigenvalue weighted by Crippen LogP contribution is 2.31. The molecule has 3 N–H and O–H groups in total. The van der Waals surface area contributed by atoms with Gasteiger partial charge in [-0.15, -0.1) is 16.4 Å². The summed E-state index contributed by atoms with van der Waals surface area (Å²) in [6.07, 6.45) is 7.38. The Labute approximate surface area is 115 Å². The summed E-state index contributed by atoms with van der Waals surface area (Å²) in [5, 5.41) is 11.7. The number of carbonyl (C=O) groups is 1. The molecule has 0 radical (unpaired) electrons.